The minimum absolute atomic E-state index is 0.143. The third kappa shape index (κ3) is 5.00. The van der Waals surface area contributed by atoms with E-state index in [0.717, 1.165) is 9.81 Å². The predicted molar refractivity (Wildman–Crippen MR) is 127 cm³/mol. The van der Waals surface area contributed by atoms with E-state index in [9.17, 15) is 10.2 Å². The van der Waals surface area contributed by atoms with Crippen LogP contribution in [0.3, 0.4) is 0 Å². The molecule has 142 valence electrons. The molecule has 2 nitrogen and oxygen atoms in total. The highest BCUT2D eigenvalue weighted by atomic mass is 32.2. The van der Waals surface area contributed by atoms with Gasteiger partial charge in [0.2, 0.25) is 0 Å². The summed E-state index contributed by atoms with van der Waals surface area (Å²) in [5, 5.41) is 23.7. The number of hydrogen-bond donors (Lipinski definition) is 2. The second-order valence-corrected chi connectivity index (χ2v) is 12.8. The topological polar surface area (TPSA) is 40.5 Å². The largest absolute Gasteiger partial charge is 0.391 e. The van der Waals surface area contributed by atoms with Crippen LogP contribution < -0.4 is 0 Å². The van der Waals surface area contributed by atoms with Gasteiger partial charge in [0.15, 0.2) is 0 Å². The lowest BCUT2D eigenvalue weighted by Gasteiger charge is -2.24. The predicted octanol–water partition coefficient (Wildman–Crippen LogP) is 5.77. The van der Waals surface area contributed by atoms with Gasteiger partial charge in [-0.05, 0) is 34.5 Å². The molecule has 0 saturated carbocycles. The Morgan fingerprint density at radius 3 is 1.46 bits per heavy atom. The SMILES string of the molecule is CSC(c1ccc(C(SC)C2SC=C(CO)S2)cc1)C1SC=C(CO)S1. The van der Waals surface area contributed by atoms with Crippen molar-refractivity contribution in [3.05, 3.63) is 56.0 Å². The lowest BCUT2D eigenvalue weighted by molar-refractivity contribution is 0.339. The van der Waals surface area contributed by atoms with E-state index in [1.807, 2.05) is 47.0 Å². The van der Waals surface area contributed by atoms with Gasteiger partial charge in [-0.3, -0.25) is 0 Å². The molecule has 2 aliphatic rings. The molecule has 4 unspecified atom stereocenters. The van der Waals surface area contributed by atoms with Crippen molar-refractivity contribution in [1.82, 2.24) is 0 Å². The van der Waals surface area contributed by atoms with E-state index in [0.29, 0.717) is 19.7 Å². The Bertz CT molecular complexity index is 603. The zero-order valence-corrected chi connectivity index (χ0v) is 19.4. The first-order valence-electron chi connectivity index (χ1n) is 8.09. The molecule has 0 saturated heterocycles. The molecule has 3 rings (SSSR count). The number of hydrogen-bond acceptors (Lipinski definition) is 8. The van der Waals surface area contributed by atoms with Crippen molar-refractivity contribution >= 4 is 70.6 Å². The van der Waals surface area contributed by atoms with Crippen LogP contribution in [-0.2, 0) is 0 Å². The van der Waals surface area contributed by atoms with Crippen molar-refractivity contribution in [3.8, 4) is 0 Å². The molecule has 0 fully saturated rings. The maximum Gasteiger partial charge on any atom is 0.0748 e. The lowest BCUT2D eigenvalue weighted by Crippen LogP contribution is -2.09. The van der Waals surface area contributed by atoms with Crippen LogP contribution in [0.15, 0.2) is 44.9 Å². The van der Waals surface area contributed by atoms with Crippen LogP contribution in [-0.4, -0.2) is 45.1 Å². The van der Waals surface area contributed by atoms with E-state index in [1.54, 1.807) is 23.5 Å². The van der Waals surface area contributed by atoms with Crippen LogP contribution >= 0.6 is 70.6 Å². The Morgan fingerprint density at radius 2 is 1.19 bits per heavy atom. The maximum absolute atomic E-state index is 9.34. The van der Waals surface area contributed by atoms with Gasteiger partial charge in [0.25, 0.3) is 0 Å². The molecule has 0 radical (unpaired) electrons. The molecule has 4 atom stereocenters. The number of aliphatic hydroxyl groups excluding tert-OH is 2. The lowest BCUT2D eigenvalue weighted by atomic mass is 10.1. The summed E-state index contributed by atoms with van der Waals surface area (Å²) in [6, 6.07) is 9.07. The zero-order chi connectivity index (χ0) is 18.5. The Kier molecular flexibility index (Phi) is 8.64. The fourth-order valence-electron chi connectivity index (χ4n) is 2.79. The molecule has 2 heterocycles. The van der Waals surface area contributed by atoms with E-state index in [4.69, 9.17) is 0 Å². The normalized spacial score (nSPS) is 25.1. The highest BCUT2D eigenvalue weighted by Crippen LogP contribution is 2.52. The standard InChI is InChI=1S/C18H22O2S6/c1-21-15(17-23-9-13(7-19)25-17)11-3-5-12(6-4-11)16(22-2)18-24-10-14(8-20)26-18/h3-6,9-10,15-20H,7-8H2,1-2H3. The summed E-state index contributed by atoms with van der Waals surface area (Å²) in [6.45, 7) is 0.286. The summed E-state index contributed by atoms with van der Waals surface area (Å²) in [5.74, 6) is 0. The third-order valence-electron chi connectivity index (χ3n) is 4.11. The first-order chi connectivity index (χ1) is 12.7. The van der Waals surface area contributed by atoms with Gasteiger partial charge in [0.05, 0.1) is 32.9 Å². The highest BCUT2D eigenvalue weighted by molar-refractivity contribution is 8.24. The smallest absolute Gasteiger partial charge is 0.0748 e. The summed E-state index contributed by atoms with van der Waals surface area (Å²) < 4.78 is 0.846. The number of rotatable bonds is 8. The first-order valence-corrected chi connectivity index (χ1v) is 14.3. The molecule has 0 aromatic heterocycles. The Labute approximate surface area is 181 Å². The minimum Gasteiger partial charge on any atom is -0.391 e. The van der Waals surface area contributed by atoms with E-state index < -0.39 is 0 Å². The van der Waals surface area contributed by atoms with Crippen molar-refractivity contribution in [2.24, 2.45) is 0 Å². The molecule has 0 aliphatic carbocycles. The first kappa shape index (κ1) is 21.4. The van der Waals surface area contributed by atoms with E-state index in [1.165, 1.54) is 11.1 Å². The molecule has 0 spiro atoms. The molecule has 8 heteroatoms. The van der Waals surface area contributed by atoms with E-state index >= 15 is 0 Å². The second kappa shape index (κ2) is 10.5. The molecule has 2 N–H and O–H groups in total. The quantitative estimate of drug-likeness (QED) is 0.504. The zero-order valence-electron chi connectivity index (χ0n) is 14.5. The molecule has 1 aromatic rings. The third-order valence-corrected chi connectivity index (χ3v) is 12.5. The van der Waals surface area contributed by atoms with Crippen LogP contribution in [0.1, 0.15) is 21.6 Å². The van der Waals surface area contributed by atoms with Crippen LogP contribution in [0.25, 0.3) is 0 Å². The van der Waals surface area contributed by atoms with Gasteiger partial charge in [-0.1, -0.05) is 24.3 Å². The summed E-state index contributed by atoms with van der Waals surface area (Å²) >= 11 is 11.0. The molecule has 26 heavy (non-hydrogen) atoms. The monoisotopic (exact) mass is 462 g/mol. The number of aliphatic hydroxyl groups is 2. The maximum atomic E-state index is 9.34. The van der Waals surface area contributed by atoms with Gasteiger partial charge in [-0.15, -0.1) is 47.0 Å². The summed E-state index contributed by atoms with van der Waals surface area (Å²) in [7, 11) is 0. The van der Waals surface area contributed by atoms with Gasteiger partial charge in [-0.25, -0.2) is 0 Å². The van der Waals surface area contributed by atoms with Crippen molar-refractivity contribution < 1.29 is 10.2 Å². The molecular formula is C18H22O2S6. The summed E-state index contributed by atoms with van der Waals surface area (Å²) in [6.07, 6.45) is 4.32. The second-order valence-electron chi connectivity index (χ2n) is 5.71. The van der Waals surface area contributed by atoms with Crippen LogP contribution in [0, 0.1) is 0 Å². The fourth-order valence-corrected chi connectivity index (χ4v) is 11.1. The minimum atomic E-state index is 0.143. The van der Waals surface area contributed by atoms with Crippen LogP contribution in [0.5, 0.6) is 0 Å². The van der Waals surface area contributed by atoms with Crippen molar-refractivity contribution in [2.45, 2.75) is 19.7 Å². The van der Waals surface area contributed by atoms with E-state index in [-0.39, 0.29) is 13.2 Å². The average molecular weight is 463 g/mol. The van der Waals surface area contributed by atoms with Crippen molar-refractivity contribution in [3.63, 3.8) is 0 Å². The number of benzene rings is 1. The van der Waals surface area contributed by atoms with Crippen molar-refractivity contribution in [1.29, 1.82) is 0 Å². The highest BCUT2D eigenvalue weighted by Gasteiger charge is 2.30. The average Bonchev–Trinajstić information content (AvgIpc) is 3.34. The molecule has 2 aliphatic heterocycles. The van der Waals surface area contributed by atoms with Gasteiger partial charge in [-0.2, -0.15) is 23.5 Å². The van der Waals surface area contributed by atoms with Gasteiger partial charge in [0, 0.05) is 9.81 Å². The fraction of sp³-hybridized carbons (Fsp3) is 0.444. The molecule has 0 bridgehead atoms. The van der Waals surface area contributed by atoms with Gasteiger partial charge >= 0.3 is 0 Å². The summed E-state index contributed by atoms with van der Waals surface area (Å²) in [4.78, 5) is 2.14. The Hall–Kier alpha value is 0.720. The molecular weight excluding hydrogens is 441 g/mol. The van der Waals surface area contributed by atoms with Crippen molar-refractivity contribution in [2.75, 3.05) is 25.7 Å². The van der Waals surface area contributed by atoms with Crippen LogP contribution in [0.2, 0.25) is 0 Å². The van der Waals surface area contributed by atoms with Crippen LogP contribution in [0.4, 0.5) is 0 Å². The van der Waals surface area contributed by atoms with E-state index in [2.05, 4.69) is 47.6 Å². The summed E-state index contributed by atoms with van der Waals surface area (Å²) in [5.41, 5.74) is 2.69. The Balaban J connectivity index is 1.69. The molecule has 0 amide bonds. The van der Waals surface area contributed by atoms with Gasteiger partial charge in [0.1, 0.15) is 0 Å². The van der Waals surface area contributed by atoms with Gasteiger partial charge < -0.3 is 10.2 Å². The Morgan fingerprint density at radius 1 is 0.808 bits per heavy atom. The molecule has 1 aromatic carbocycles. The number of thioether (sulfide) groups is 6.